The standard InChI is InChI=1S/C53H36N4/c1-53(2)48-29-38(22-23-45(48)47-28-39-15-9-16-40(32-54)46(39)30-49(47)53)42-25-43(41-17-10-24-55-33-41)27-44(26-42)51-31-50(56-52(57-51)37-13-7-4-8-14-37)36-20-18-35(19-21-36)34-11-5-3-6-12-34/h3-31,33H,1-2H3. The van der Waals surface area contributed by atoms with Crippen LogP contribution in [0.2, 0.25) is 0 Å². The van der Waals surface area contributed by atoms with E-state index in [4.69, 9.17) is 9.97 Å². The van der Waals surface area contributed by atoms with Crippen molar-refractivity contribution in [3.63, 3.8) is 0 Å². The number of hydrogen-bond acceptors (Lipinski definition) is 4. The maximum absolute atomic E-state index is 9.89. The quantitative estimate of drug-likeness (QED) is 0.171. The molecule has 0 amide bonds. The third-order valence-electron chi connectivity index (χ3n) is 11.4. The van der Waals surface area contributed by atoms with Gasteiger partial charge < -0.3 is 0 Å². The Morgan fingerprint density at radius 1 is 0.456 bits per heavy atom. The molecule has 10 rings (SSSR count). The summed E-state index contributed by atoms with van der Waals surface area (Å²) in [6.07, 6.45) is 3.73. The Kier molecular flexibility index (Phi) is 8.17. The Hall–Kier alpha value is -7.48. The molecular weight excluding hydrogens is 693 g/mol. The summed E-state index contributed by atoms with van der Waals surface area (Å²) in [7, 11) is 0. The number of pyridine rings is 1. The third-order valence-corrected chi connectivity index (χ3v) is 11.4. The molecule has 7 aromatic carbocycles. The molecule has 0 N–H and O–H groups in total. The average molecular weight is 729 g/mol. The van der Waals surface area contributed by atoms with Gasteiger partial charge in [0.05, 0.1) is 23.0 Å². The molecule has 268 valence electrons. The molecule has 0 bridgehead atoms. The van der Waals surface area contributed by atoms with Crippen LogP contribution in [0.25, 0.3) is 89.2 Å². The molecule has 0 radical (unpaired) electrons. The van der Waals surface area contributed by atoms with Crippen LogP contribution < -0.4 is 0 Å². The van der Waals surface area contributed by atoms with Gasteiger partial charge in [-0.2, -0.15) is 5.26 Å². The molecule has 0 atom stereocenters. The van der Waals surface area contributed by atoms with Crippen LogP contribution in [0, 0.1) is 11.3 Å². The van der Waals surface area contributed by atoms with Crippen LogP contribution in [0.3, 0.4) is 0 Å². The van der Waals surface area contributed by atoms with Crippen molar-refractivity contribution >= 4 is 10.8 Å². The first-order valence-corrected chi connectivity index (χ1v) is 19.2. The monoisotopic (exact) mass is 728 g/mol. The van der Waals surface area contributed by atoms with E-state index in [0.717, 1.165) is 66.7 Å². The molecule has 0 aliphatic heterocycles. The Balaban J connectivity index is 1.13. The predicted molar refractivity (Wildman–Crippen MR) is 232 cm³/mol. The lowest BCUT2D eigenvalue weighted by atomic mass is 9.80. The van der Waals surface area contributed by atoms with Crippen molar-refractivity contribution in [1.82, 2.24) is 15.0 Å². The summed E-state index contributed by atoms with van der Waals surface area (Å²) in [4.78, 5) is 14.8. The molecule has 2 heterocycles. The third kappa shape index (κ3) is 6.07. The van der Waals surface area contributed by atoms with E-state index in [1.807, 2.05) is 54.9 Å². The molecule has 2 aromatic heterocycles. The van der Waals surface area contributed by atoms with Crippen LogP contribution in [0.4, 0.5) is 0 Å². The van der Waals surface area contributed by atoms with E-state index in [2.05, 4.69) is 152 Å². The van der Waals surface area contributed by atoms with Crippen LogP contribution in [0.5, 0.6) is 0 Å². The van der Waals surface area contributed by atoms with Crippen molar-refractivity contribution in [2.45, 2.75) is 19.3 Å². The van der Waals surface area contributed by atoms with E-state index < -0.39 is 0 Å². The number of fused-ring (bicyclic) bond motifs is 4. The van der Waals surface area contributed by atoms with Crippen molar-refractivity contribution < 1.29 is 0 Å². The van der Waals surface area contributed by atoms with E-state index in [1.54, 1.807) is 0 Å². The second-order valence-corrected chi connectivity index (χ2v) is 15.2. The highest BCUT2D eigenvalue weighted by Crippen LogP contribution is 2.51. The lowest BCUT2D eigenvalue weighted by molar-refractivity contribution is 0.661. The van der Waals surface area contributed by atoms with Gasteiger partial charge >= 0.3 is 0 Å². The fourth-order valence-electron chi connectivity index (χ4n) is 8.35. The molecule has 1 aliphatic rings. The molecule has 0 unspecified atom stereocenters. The van der Waals surface area contributed by atoms with E-state index in [1.165, 1.54) is 27.8 Å². The van der Waals surface area contributed by atoms with Gasteiger partial charge in [0, 0.05) is 40.1 Å². The topological polar surface area (TPSA) is 62.5 Å². The summed E-state index contributed by atoms with van der Waals surface area (Å²) in [5.41, 5.74) is 16.7. The lowest BCUT2D eigenvalue weighted by Gasteiger charge is -2.22. The number of hydrogen-bond donors (Lipinski definition) is 0. The fraction of sp³-hybridized carbons (Fsp3) is 0.0566. The highest BCUT2D eigenvalue weighted by atomic mass is 14.9. The van der Waals surface area contributed by atoms with E-state index >= 15 is 0 Å². The molecule has 9 aromatic rings. The molecule has 4 heteroatoms. The first-order chi connectivity index (χ1) is 27.9. The molecule has 4 nitrogen and oxygen atoms in total. The maximum atomic E-state index is 9.89. The maximum Gasteiger partial charge on any atom is 0.160 e. The summed E-state index contributed by atoms with van der Waals surface area (Å²) >= 11 is 0. The van der Waals surface area contributed by atoms with Gasteiger partial charge in [0.2, 0.25) is 0 Å². The molecule has 1 aliphatic carbocycles. The Morgan fingerprint density at radius 2 is 1.07 bits per heavy atom. The predicted octanol–water partition coefficient (Wildman–Crippen LogP) is 13.2. The molecule has 0 spiro atoms. The smallest absolute Gasteiger partial charge is 0.160 e. The SMILES string of the molecule is CC1(C)c2cc(-c3cc(-c4cccnc4)cc(-c4cc(-c5ccc(-c6ccccc6)cc5)nc(-c5ccccc5)n4)c3)ccc2-c2cc3cccc(C#N)c3cc21. The zero-order chi connectivity index (χ0) is 38.5. The van der Waals surface area contributed by atoms with Gasteiger partial charge in [0.1, 0.15) is 0 Å². The van der Waals surface area contributed by atoms with Gasteiger partial charge in [-0.05, 0) is 115 Å². The van der Waals surface area contributed by atoms with E-state index in [-0.39, 0.29) is 5.41 Å². The average Bonchev–Trinajstić information content (AvgIpc) is 3.50. The minimum absolute atomic E-state index is 0.260. The summed E-state index contributed by atoms with van der Waals surface area (Å²) in [6, 6.07) is 61.9. The highest BCUT2D eigenvalue weighted by Gasteiger charge is 2.36. The largest absolute Gasteiger partial charge is 0.264 e. The van der Waals surface area contributed by atoms with Crippen LogP contribution in [0.1, 0.15) is 30.5 Å². The van der Waals surface area contributed by atoms with Crippen molar-refractivity contribution in [3.8, 4) is 84.5 Å². The minimum Gasteiger partial charge on any atom is -0.264 e. The van der Waals surface area contributed by atoms with Crippen molar-refractivity contribution in [1.29, 1.82) is 5.26 Å². The van der Waals surface area contributed by atoms with Crippen LogP contribution in [-0.4, -0.2) is 15.0 Å². The van der Waals surface area contributed by atoms with Crippen LogP contribution in [0.15, 0.2) is 182 Å². The van der Waals surface area contributed by atoms with Gasteiger partial charge in [-0.3, -0.25) is 4.98 Å². The first-order valence-electron chi connectivity index (χ1n) is 19.2. The van der Waals surface area contributed by atoms with Gasteiger partial charge in [0.25, 0.3) is 0 Å². The van der Waals surface area contributed by atoms with Crippen molar-refractivity contribution in [3.05, 3.63) is 199 Å². The summed E-state index contributed by atoms with van der Waals surface area (Å²) in [5, 5.41) is 12.0. The Labute approximate surface area is 332 Å². The normalized spacial score (nSPS) is 12.5. The number of benzene rings is 7. The fourth-order valence-corrected chi connectivity index (χ4v) is 8.35. The molecule has 0 saturated heterocycles. The van der Waals surface area contributed by atoms with Crippen LogP contribution in [-0.2, 0) is 5.41 Å². The Bertz CT molecular complexity index is 3020. The highest BCUT2D eigenvalue weighted by molar-refractivity contribution is 5.97. The van der Waals surface area contributed by atoms with Gasteiger partial charge in [-0.25, -0.2) is 9.97 Å². The van der Waals surface area contributed by atoms with E-state index in [0.29, 0.717) is 11.4 Å². The lowest BCUT2D eigenvalue weighted by Crippen LogP contribution is -2.15. The van der Waals surface area contributed by atoms with Gasteiger partial charge in [-0.15, -0.1) is 0 Å². The van der Waals surface area contributed by atoms with Crippen LogP contribution >= 0.6 is 0 Å². The first kappa shape index (κ1) is 34.0. The van der Waals surface area contributed by atoms with Gasteiger partial charge in [-0.1, -0.05) is 129 Å². The van der Waals surface area contributed by atoms with E-state index in [9.17, 15) is 5.26 Å². The van der Waals surface area contributed by atoms with Crippen molar-refractivity contribution in [2.24, 2.45) is 0 Å². The number of rotatable bonds is 6. The number of aromatic nitrogens is 3. The second kappa shape index (κ2) is 13.7. The minimum atomic E-state index is -0.260. The molecule has 0 fully saturated rings. The molecular formula is C53H36N4. The number of nitriles is 1. The van der Waals surface area contributed by atoms with Gasteiger partial charge in [0.15, 0.2) is 5.82 Å². The zero-order valence-corrected chi connectivity index (χ0v) is 31.6. The molecule has 57 heavy (non-hydrogen) atoms. The molecule has 0 saturated carbocycles. The summed E-state index contributed by atoms with van der Waals surface area (Å²) < 4.78 is 0. The summed E-state index contributed by atoms with van der Waals surface area (Å²) in [6.45, 7) is 4.58. The van der Waals surface area contributed by atoms with Crippen molar-refractivity contribution in [2.75, 3.05) is 0 Å². The number of nitrogens with zero attached hydrogens (tertiary/aromatic N) is 4. The Morgan fingerprint density at radius 3 is 1.79 bits per heavy atom. The summed E-state index contributed by atoms with van der Waals surface area (Å²) in [5.74, 6) is 0.674. The zero-order valence-electron chi connectivity index (χ0n) is 31.6. The second-order valence-electron chi connectivity index (χ2n) is 15.2.